The Bertz CT molecular complexity index is 1220. The van der Waals surface area contributed by atoms with Gasteiger partial charge in [-0.05, 0) is 36.6 Å². The van der Waals surface area contributed by atoms with Crippen molar-refractivity contribution in [2.75, 3.05) is 5.32 Å². The molecule has 0 amide bonds. The minimum atomic E-state index is -0.561. The van der Waals surface area contributed by atoms with Gasteiger partial charge in [-0.2, -0.15) is 0 Å². The number of allylic oxidation sites excluding steroid dienone is 2. The molecule has 1 aliphatic heterocycles. The van der Waals surface area contributed by atoms with Crippen molar-refractivity contribution in [3.05, 3.63) is 91.3 Å². The standard InChI is InChI=1S/C22H17Cl2N3O2/c23-14-9-4-8-13(20(14)24)17-18-15(10-5-11-16(18)28)25-21-19(17)22(29)27(26-21)12-6-2-1-3-7-12/h1-4,6-9,17,25-26H,5,10-11H2/t17-/m0/s1. The lowest BCUT2D eigenvalue weighted by atomic mass is 9.77. The third-order valence-corrected chi connectivity index (χ3v) is 6.38. The summed E-state index contributed by atoms with van der Waals surface area (Å²) in [5.41, 5.74) is 3.10. The second-order valence-electron chi connectivity index (χ2n) is 7.25. The van der Waals surface area contributed by atoms with Gasteiger partial charge in [-0.25, -0.2) is 4.68 Å². The maximum Gasteiger partial charge on any atom is 0.277 e. The smallest absolute Gasteiger partial charge is 0.277 e. The van der Waals surface area contributed by atoms with Crippen molar-refractivity contribution in [1.82, 2.24) is 9.78 Å². The highest BCUT2D eigenvalue weighted by Gasteiger charge is 2.39. The zero-order valence-electron chi connectivity index (χ0n) is 15.3. The van der Waals surface area contributed by atoms with Crippen LogP contribution in [0.3, 0.4) is 0 Å². The van der Waals surface area contributed by atoms with E-state index in [2.05, 4.69) is 10.4 Å². The fraction of sp³-hybridized carbons (Fsp3) is 0.182. The van der Waals surface area contributed by atoms with Gasteiger partial charge in [0.1, 0.15) is 5.82 Å². The molecule has 0 saturated heterocycles. The van der Waals surface area contributed by atoms with Crippen LogP contribution in [-0.4, -0.2) is 15.6 Å². The lowest BCUT2D eigenvalue weighted by Crippen LogP contribution is -2.30. The van der Waals surface area contributed by atoms with Gasteiger partial charge in [0.15, 0.2) is 5.78 Å². The van der Waals surface area contributed by atoms with Crippen LogP contribution in [0.25, 0.3) is 5.69 Å². The van der Waals surface area contributed by atoms with Gasteiger partial charge < -0.3 is 5.32 Å². The summed E-state index contributed by atoms with van der Waals surface area (Å²) in [4.78, 5) is 26.4. The molecule has 7 heteroatoms. The van der Waals surface area contributed by atoms with Crippen LogP contribution >= 0.6 is 23.2 Å². The number of nitrogens with zero attached hydrogens (tertiary/aromatic N) is 1. The van der Waals surface area contributed by atoms with E-state index in [0.717, 1.165) is 18.5 Å². The van der Waals surface area contributed by atoms with Gasteiger partial charge in [0, 0.05) is 23.6 Å². The first kappa shape index (κ1) is 18.3. The molecule has 0 spiro atoms. The number of hydrogen-bond acceptors (Lipinski definition) is 3. The van der Waals surface area contributed by atoms with Gasteiger partial charge in [0.05, 0.1) is 21.3 Å². The van der Waals surface area contributed by atoms with E-state index in [1.165, 1.54) is 4.68 Å². The van der Waals surface area contributed by atoms with Gasteiger partial charge in [0.2, 0.25) is 0 Å². The molecule has 3 aromatic rings. The number of rotatable bonds is 2. The van der Waals surface area contributed by atoms with Crippen LogP contribution in [0.1, 0.15) is 36.3 Å². The number of carbonyl (C=O) groups is 1. The van der Waals surface area contributed by atoms with Crippen molar-refractivity contribution in [3.8, 4) is 5.69 Å². The summed E-state index contributed by atoms with van der Waals surface area (Å²) in [6.07, 6.45) is 1.98. The summed E-state index contributed by atoms with van der Waals surface area (Å²) >= 11 is 12.8. The van der Waals surface area contributed by atoms with Gasteiger partial charge in [0.25, 0.3) is 5.56 Å². The number of halogens is 2. The number of fused-ring (bicyclic) bond motifs is 1. The summed E-state index contributed by atoms with van der Waals surface area (Å²) in [6.45, 7) is 0. The number of carbonyl (C=O) groups excluding carboxylic acids is 1. The van der Waals surface area contributed by atoms with Gasteiger partial charge in [-0.15, -0.1) is 0 Å². The zero-order chi connectivity index (χ0) is 20.1. The van der Waals surface area contributed by atoms with Crippen molar-refractivity contribution in [2.24, 2.45) is 0 Å². The fourth-order valence-electron chi connectivity index (χ4n) is 4.25. The third-order valence-electron chi connectivity index (χ3n) is 5.54. The predicted molar refractivity (Wildman–Crippen MR) is 114 cm³/mol. The number of para-hydroxylation sites is 1. The largest absolute Gasteiger partial charge is 0.343 e. The Hall–Kier alpha value is -2.76. The number of aromatic nitrogens is 2. The molecule has 0 saturated carbocycles. The molecule has 0 fully saturated rings. The van der Waals surface area contributed by atoms with Crippen molar-refractivity contribution >= 4 is 34.8 Å². The summed E-state index contributed by atoms with van der Waals surface area (Å²) < 4.78 is 1.49. The first-order chi connectivity index (χ1) is 14.1. The molecular formula is C22H17Cl2N3O2. The van der Waals surface area contributed by atoms with Crippen molar-refractivity contribution in [1.29, 1.82) is 0 Å². The van der Waals surface area contributed by atoms with E-state index >= 15 is 0 Å². The van der Waals surface area contributed by atoms with E-state index in [4.69, 9.17) is 23.2 Å². The number of H-pyrrole nitrogens is 1. The van der Waals surface area contributed by atoms with Gasteiger partial charge in [-0.1, -0.05) is 53.5 Å². The Morgan fingerprint density at radius 3 is 2.55 bits per heavy atom. The number of benzene rings is 2. The molecular weight excluding hydrogens is 409 g/mol. The van der Waals surface area contributed by atoms with E-state index in [1.54, 1.807) is 12.1 Å². The van der Waals surface area contributed by atoms with E-state index in [9.17, 15) is 9.59 Å². The normalized spacial score (nSPS) is 18.3. The molecule has 2 aromatic carbocycles. The molecule has 2 N–H and O–H groups in total. The molecule has 5 nitrogen and oxygen atoms in total. The molecule has 146 valence electrons. The van der Waals surface area contributed by atoms with Crippen LogP contribution in [0.4, 0.5) is 5.82 Å². The third kappa shape index (κ3) is 2.84. The van der Waals surface area contributed by atoms with Crippen molar-refractivity contribution in [2.45, 2.75) is 25.2 Å². The molecule has 29 heavy (non-hydrogen) atoms. The Morgan fingerprint density at radius 2 is 1.76 bits per heavy atom. The van der Waals surface area contributed by atoms with Crippen molar-refractivity contribution < 1.29 is 4.79 Å². The van der Waals surface area contributed by atoms with E-state index in [0.29, 0.717) is 44.7 Å². The van der Waals surface area contributed by atoms with Gasteiger partial charge in [-0.3, -0.25) is 14.7 Å². The SMILES string of the molecule is O=C1CCCC2=C1[C@H](c1cccc(Cl)c1Cl)c1c([nH]n(-c3ccccc3)c1=O)N2. The van der Waals surface area contributed by atoms with E-state index in [1.807, 2.05) is 36.4 Å². The molecule has 2 heterocycles. The monoisotopic (exact) mass is 425 g/mol. The number of aromatic amines is 1. The number of anilines is 1. The topological polar surface area (TPSA) is 66.9 Å². The van der Waals surface area contributed by atoms with E-state index in [-0.39, 0.29) is 11.3 Å². The minimum absolute atomic E-state index is 0.0392. The maximum absolute atomic E-state index is 13.5. The second-order valence-corrected chi connectivity index (χ2v) is 8.03. The Balaban J connectivity index is 1.79. The summed E-state index contributed by atoms with van der Waals surface area (Å²) in [5.74, 6) is 0.0691. The fourth-order valence-corrected chi connectivity index (χ4v) is 4.67. The number of hydrogen-bond donors (Lipinski definition) is 2. The molecule has 0 radical (unpaired) electrons. The second kappa shape index (κ2) is 6.94. The molecule has 1 aliphatic carbocycles. The summed E-state index contributed by atoms with van der Waals surface area (Å²) in [5, 5.41) is 7.23. The number of nitrogens with one attached hydrogen (secondary N) is 2. The molecule has 0 unspecified atom stereocenters. The highest BCUT2D eigenvalue weighted by Crippen LogP contribution is 2.46. The number of ketones is 1. The Kier molecular flexibility index (Phi) is 4.37. The summed E-state index contributed by atoms with van der Waals surface area (Å²) in [7, 11) is 0. The highest BCUT2D eigenvalue weighted by atomic mass is 35.5. The van der Waals surface area contributed by atoms with Gasteiger partial charge >= 0.3 is 0 Å². The molecule has 0 bridgehead atoms. The molecule has 1 aromatic heterocycles. The van der Waals surface area contributed by atoms with Crippen molar-refractivity contribution in [3.63, 3.8) is 0 Å². The molecule has 2 aliphatic rings. The lowest BCUT2D eigenvalue weighted by molar-refractivity contribution is -0.116. The number of Topliss-reactive ketones (excluding diaryl/α,β-unsaturated/α-hetero) is 1. The molecule has 1 atom stereocenters. The average Bonchev–Trinajstić information content (AvgIpc) is 3.06. The first-order valence-corrected chi connectivity index (χ1v) is 10.2. The van der Waals surface area contributed by atoms with Crippen LogP contribution in [-0.2, 0) is 4.79 Å². The molecule has 5 rings (SSSR count). The quantitative estimate of drug-likeness (QED) is 0.604. The van der Waals surface area contributed by atoms with Crippen LogP contribution in [0.2, 0.25) is 10.0 Å². The Labute approximate surface area is 176 Å². The first-order valence-electron chi connectivity index (χ1n) is 9.43. The van der Waals surface area contributed by atoms with Crippen LogP contribution in [0, 0.1) is 0 Å². The van der Waals surface area contributed by atoms with Crippen LogP contribution in [0.5, 0.6) is 0 Å². The highest BCUT2D eigenvalue weighted by molar-refractivity contribution is 6.42. The van der Waals surface area contributed by atoms with Crippen LogP contribution in [0.15, 0.2) is 64.6 Å². The minimum Gasteiger partial charge on any atom is -0.343 e. The maximum atomic E-state index is 13.5. The van der Waals surface area contributed by atoms with Crippen LogP contribution < -0.4 is 10.9 Å². The Morgan fingerprint density at radius 1 is 0.966 bits per heavy atom. The average molecular weight is 426 g/mol. The predicted octanol–water partition coefficient (Wildman–Crippen LogP) is 5.04. The zero-order valence-corrected chi connectivity index (χ0v) is 16.8. The lowest BCUT2D eigenvalue weighted by Gasteiger charge is -2.31. The van der Waals surface area contributed by atoms with E-state index < -0.39 is 5.92 Å². The summed E-state index contributed by atoms with van der Waals surface area (Å²) in [6, 6.07) is 14.7.